The topological polar surface area (TPSA) is 33.6 Å². The van der Waals surface area contributed by atoms with Crippen LogP contribution in [0.3, 0.4) is 0 Å². The van der Waals surface area contributed by atoms with E-state index in [0.717, 1.165) is 25.2 Å². The monoisotopic (exact) mass is 306 g/mol. The first-order valence-electron chi connectivity index (χ1n) is 5.10. The van der Waals surface area contributed by atoms with Crippen LogP contribution in [0, 0.1) is 0 Å². The van der Waals surface area contributed by atoms with Crippen LogP contribution in [-0.4, -0.2) is 19.0 Å². The Bertz CT molecular complexity index is 399. The second kappa shape index (κ2) is 6.54. The van der Waals surface area contributed by atoms with Crippen LogP contribution in [0.4, 0.5) is 14.5 Å². The van der Waals surface area contributed by atoms with Gasteiger partial charge in [0.25, 0.3) is 0 Å². The maximum Gasteiger partial charge on any atom is 0.387 e. The molecule has 1 heterocycles. The Morgan fingerprint density at radius 3 is 2.71 bits per heavy atom. The molecule has 0 aliphatic carbocycles. The van der Waals surface area contributed by atoms with Gasteiger partial charge in [-0.2, -0.15) is 8.78 Å². The lowest BCUT2D eigenvalue weighted by Crippen LogP contribution is -2.11. The number of amidine groups is 1. The van der Waals surface area contributed by atoms with Crippen LogP contribution in [0.2, 0.25) is 0 Å². The van der Waals surface area contributed by atoms with Crippen molar-refractivity contribution in [3.63, 3.8) is 0 Å². The molecular formula is C11H13BrF2N2O. The Labute approximate surface area is 109 Å². The number of para-hydroxylation sites is 2. The van der Waals surface area contributed by atoms with Gasteiger partial charge >= 0.3 is 6.61 Å². The third kappa shape index (κ3) is 3.96. The standard InChI is InChI=1S/C11H12F2N2O.BrH/c12-11(13)16-9-5-2-1-4-8(9)15-10-6-3-7-14-10;/h1-2,4-5,11H,3,6-7H2,(H,14,15);1H. The first kappa shape index (κ1) is 13.9. The molecule has 0 unspecified atom stereocenters. The van der Waals surface area contributed by atoms with Crippen LogP contribution in [0.1, 0.15) is 12.8 Å². The maximum absolute atomic E-state index is 12.1. The number of nitrogens with zero attached hydrogens (tertiary/aromatic N) is 1. The zero-order valence-electron chi connectivity index (χ0n) is 9.03. The van der Waals surface area contributed by atoms with Gasteiger partial charge in [0.2, 0.25) is 0 Å². The normalized spacial score (nSPS) is 14.2. The number of ether oxygens (including phenoxy) is 1. The number of anilines is 1. The van der Waals surface area contributed by atoms with Crippen molar-refractivity contribution in [3.05, 3.63) is 24.3 Å². The van der Waals surface area contributed by atoms with E-state index < -0.39 is 6.61 Å². The molecule has 2 rings (SSSR count). The minimum atomic E-state index is -2.81. The number of aliphatic imine (C=N–C) groups is 1. The third-order valence-electron chi connectivity index (χ3n) is 2.26. The fourth-order valence-corrected chi connectivity index (χ4v) is 1.57. The first-order valence-corrected chi connectivity index (χ1v) is 5.10. The molecule has 3 nitrogen and oxygen atoms in total. The molecule has 0 aromatic heterocycles. The number of hydrogen-bond donors (Lipinski definition) is 1. The maximum atomic E-state index is 12.1. The smallest absolute Gasteiger partial charge is 0.387 e. The van der Waals surface area contributed by atoms with Gasteiger partial charge < -0.3 is 10.1 Å². The third-order valence-corrected chi connectivity index (χ3v) is 2.26. The van der Waals surface area contributed by atoms with Crippen molar-refractivity contribution in [1.29, 1.82) is 0 Å². The summed E-state index contributed by atoms with van der Waals surface area (Å²) in [5, 5.41) is 3.01. The summed E-state index contributed by atoms with van der Waals surface area (Å²) >= 11 is 0. The highest BCUT2D eigenvalue weighted by molar-refractivity contribution is 8.93. The Kier molecular flexibility index (Phi) is 5.34. The molecule has 1 aliphatic heterocycles. The number of alkyl halides is 2. The van der Waals surface area contributed by atoms with E-state index in [0.29, 0.717) is 5.69 Å². The fraction of sp³-hybridized carbons (Fsp3) is 0.364. The van der Waals surface area contributed by atoms with E-state index in [9.17, 15) is 8.78 Å². The lowest BCUT2D eigenvalue weighted by Gasteiger charge is -2.11. The van der Waals surface area contributed by atoms with E-state index in [1.165, 1.54) is 6.07 Å². The molecule has 6 heteroatoms. The van der Waals surface area contributed by atoms with Crippen molar-refractivity contribution < 1.29 is 13.5 Å². The number of benzene rings is 1. The van der Waals surface area contributed by atoms with Gasteiger partial charge in [-0.05, 0) is 18.6 Å². The highest BCUT2D eigenvalue weighted by atomic mass is 79.9. The number of hydrogen-bond acceptors (Lipinski definition) is 3. The predicted octanol–water partition coefficient (Wildman–Crippen LogP) is 3.47. The largest absolute Gasteiger partial charge is 0.433 e. The Morgan fingerprint density at radius 2 is 2.06 bits per heavy atom. The van der Waals surface area contributed by atoms with Crippen molar-refractivity contribution in [2.75, 3.05) is 11.9 Å². The van der Waals surface area contributed by atoms with Gasteiger partial charge in [0.05, 0.1) is 5.69 Å². The Hall–Kier alpha value is -1.17. The second-order valence-corrected chi connectivity index (χ2v) is 3.43. The first-order chi connectivity index (χ1) is 7.75. The molecule has 1 aromatic carbocycles. The number of halogens is 3. The van der Waals surface area contributed by atoms with Gasteiger partial charge in [-0.1, -0.05) is 12.1 Å². The predicted molar refractivity (Wildman–Crippen MR) is 68.6 cm³/mol. The average Bonchev–Trinajstić information content (AvgIpc) is 2.73. The molecule has 0 atom stereocenters. The molecule has 94 valence electrons. The highest BCUT2D eigenvalue weighted by Gasteiger charge is 2.12. The van der Waals surface area contributed by atoms with E-state index in [1.807, 2.05) is 0 Å². The van der Waals surface area contributed by atoms with E-state index in [4.69, 9.17) is 0 Å². The van der Waals surface area contributed by atoms with Crippen molar-refractivity contribution in [1.82, 2.24) is 0 Å². The molecule has 0 saturated carbocycles. The molecule has 0 amide bonds. The van der Waals surface area contributed by atoms with Gasteiger partial charge in [-0.25, -0.2) is 0 Å². The average molecular weight is 307 g/mol. The second-order valence-electron chi connectivity index (χ2n) is 3.43. The SMILES string of the molecule is Br.FC(F)Oc1ccccc1NC1=NCCC1. The van der Waals surface area contributed by atoms with Crippen LogP contribution in [0.25, 0.3) is 0 Å². The zero-order chi connectivity index (χ0) is 11.4. The summed E-state index contributed by atoms with van der Waals surface area (Å²) in [4.78, 5) is 4.21. The molecule has 0 spiro atoms. The van der Waals surface area contributed by atoms with E-state index in [-0.39, 0.29) is 22.7 Å². The highest BCUT2D eigenvalue weighted by Crippen LogP contribution is 2.26. The molecule has 0 radical (unpaired) electrons. The lowest BCUT2D eigenvalue weighted by atomic mass is 10.2. The van der Waals surface area contributed by atoms with Gasteiger partial charge in [0, 0.05) is 13.0 Å². The molecule has 1 aromatic rings. The lowest BCUT2D eigenvalue weighted by molar-refractivity contribution is -0.0493. The molecule has 0 bridgehead atoms. The molecule has 1 N–H and O–H groups in total. The van der Waals surface area contributed by atoms with Crippen LogP contribution in [0.5, 0.6) is 5.75 Å². The summed E-state index contributed by atoms with van der Waals surface area (Å²) in [7, 11) is 0. The zero-order valence-corrected chi connectivity index (χ0v) is 10.7. The summed E-state index contributed by atoms with van der Waals surface area (Å²) < 4.78 is 28.7. The van der Waals surface area contributed by atoms with E-state index in [2.05, 4.69) is 15.0 Å². The van der Waals surface area contributed by atoms with Crippen LogP contribution in [-0.2, 0) is 0 Å². The van der Waals surface area contributed by atoms with Crippen molar-refractivity contribution in [3.8, 4) is 5.75 Å². The summed E-state index contributed by atoms with van der Waals surface area (Å²) in [5.74, 6) is 0.970. The van der Waals surface area contributed by atoms with Crippen LogP contribution in [0.15, 0.2) is 29.3 Å². The summed E-state index contributed by atoms with van der Waals surface area (Å²) in [6, 6.07) is 6.61. The van der Waals surface area contributed by atoms with Crippen molar-refractivity contribution in [2.24, 2.45) is 4.99 Å². The van der Waals surface area contributed by atoms with Gasteiger partial charge in [-0.15, -0.1) is 17.0 Å². The molecular weight excluding hydrogens is 294 g/mol. The molecule has 0 fully saturated rings. The van der Waals surface area contributed by atoms with E-state index >= 15 is 0 Å². The molecule has 0 saturated heterocycles. The van der Waals surface area contributed by atoms with Crippen molar-refractivity contribution in [2.45, 2.75) is 19.5 Å². The van der Waals surface area contributed by atoms with Crippen LogP contribution < -0.4 is 10.1 Å². The van der Waals surface area contributed by atoms with E-state index in [1.54, 1.807) is 18.2 Å². The molecule has 17 heavy (non-hydrogen) atoms. The quantitative estimate of drug-likeness (QED) is 0.927. The van der Waals surface area contributed by atoms with Gasteiger partial charge in [-0.3, -0.25) is 4.99 Å². The van der Waals surface area contributed by atoms with Gasteiger partial charge in [0.1, 0.15) is 11.6 Å². The molecule has 1 aliphatic rings. The Balaban J connectivity index is 0.00000144. The van der Waals surface area contributed by atoms with Gasteiger partial charge in [0.15, 0.2) is 0 Å². The fourth-order valence-electron chi connectivity index (χ4n) is 1.57. The van der Waals surface area contributed by atoms with Crippen LogP contribution >= 0.6 is 17.0 Å². The minimum absolute atomic E-state index is 0. The summed E-state index contributed by atoms with van der Waals surface area (Å²) in [6.45, 7) is -2.02. The number of rotatable bonds is 3. The van der Waals surface area contributed by atoms with Crippen molar-refractivity contribution >= 4 is 28.5 Å². The summed E-state index contributed by atoms with van der Waals surface area (Å²) in [5.41, 5.74) is 0.531. The number of nitrogens with one attached hydrogen (secondary N) is 1. The summed E-state index contributed by atoms with van der Waals surface area (Å²) in [6.07, 6.45) is 1.85. The minimum Gasteiger partial charge on any atom is -0.433 e. The Morgan fingerprint density at radius 1 is 1.29 bits per heavy atom.